The zero-order valence-corrected chi connectivity index (χ0v) is 15.2. The lowest BCUT2D eigenvalue weighted by Crippen LogP contribution is -2.33. The topological polar surface area (TPSA) is 53.4 Å². The number of carboxylic acid groups (broad SMARTS) is 1. The van der Waals surface area contributed by atoms with E-state index in [9.17, 15) is 4.79 Å². The smallest absolute Gasteiger partial charge is 0.335 e. The van der Waals surface area contributed by atoms with Gasteiger partial charge >= 0.3 is 5.97 Å². The van der Waals surface area contributed by atoms with Gasteiger partial charge in [0.2, 0.25) is 0 Å². The zero-order valence-electron chi connectivity index (χ0n) is 14.4. The van der Waals surface area contributed by atoms with E-state index in [0.29, 0.717) is 11.5 Å². The number of aromatic carboxylic acids is 1. The van der Waals surface area contributed by atoms with Crippen molar-refractivity contribution in [3.8, 4) is 0 Å². The van der Waals surface area contributed by atoms with Crippen molar-refractivity contribution >= 4 is 17.3 Å². The molecule has 1 saturated heterocycles. The third kappa shape index (κ3) is 3.77. The van der Waals surface area contributed by atoms with E-state index in [1.54, 1.807) is 12.1 Å². The second-order valence-corrected chi connectivity index (χ2v) is 8.32. The summed E-state index contributed by atoms with van der Waals surface area (Å²) < 4.78 is 0. The molecule has 1 aliphatic heterocycles. The molecule has 4 nitrogen and oxygen atoms in total. The maximum absolute atomic E-state index is 11.0. The average Bonchev–Trinajstić information content (AvgIpc) is 3.07. The van der Waals surface area contributed by atoms with Crippen LogP contribution in [-0.4, -0.2) is 34.0 Å². The number of fused-ring (bicyclic) bond motifs is 1. The minimum atomic E-state index is -0.864. The Labute approximate surface area is 152 Å². The number of piperidine rings is 1. The third-order valence-corrected chi connectivity index (χ3v) is 6.64. The van der Waals surface area contributed by atoms with Gasteiger partial charge in [-0.15, -0.1) is 11.3 Å². The van der Waals surface area contributed by atoms with E-state index < -0.39 is 5.97 Å². The van der Waals surface area contributed by atoms with Crippen LogP contribution in [0.25, 0.3) is 0 Å². The largest absolute Gasteiger partial charge is 0.478 e. The predicted octanol–water partition coefficient (Wildman–Crippen LogP) is 4.10. The predicted molar refractivity (Wildman–Crippen MR) is 99.4 cm³/mol. The van der Waals surface area contributed by atoms with E-state index in [4.69, 9.17) is 10.1 Å². The number of aryl methyl sites for hydroxylation is 2. The van der Waals surface area contributed by atoms with Crippen molar-refractivity contribution in [1.29, 1.82) is 0 Å². The van der Waals surface area contributed by atoms with Crippen LogP contribution in [0.1, 0.15) is 63.1 Å². The number of rotatable bonds is 4. The molecule has 1 aliphatic carbocycles. The Hall–Kier alpha value is -1.72. The standard InChI is InChI=1S/C20H24N2O2S/c23-20(24)15-9-7-14(8-10-15)12-22-11-3-4-16(13-22)19-21-17-5-1-2-6-18(17)25-19/h7-10,16H,1-6,11-13H2,(H,23,24). The van der Waals surface area contributed by atoms with Crippen LogP contribution in [0.3, 0.4) is 0 Å². The van der Waals surface area contributed by atoms with Crippen molar-refractivity contribution in [1.82, 2.24) is 9.88 Å². The second kappa shape index (κ2) is 7.26. The molecule has 1 aromatic heterocycles. The van der Waals surface area contributed by atoms with Crippen LogP contribution in [0.5, 0.6) is 0 Å². The Morgan fingerprint density at radius 1 is 1.20 bits per heavy atom. The Morgan fingerprint density at radius 2 is 2.00 bits per heavy atom. The van der Waals surface area contributed by atoms with Gasteiger partial charge in [-0.1, -0.05) is 12.1 Å². The molecule has 0 radical (unpaired) electrons. The summed E-state index contributed by atoms with van der Waals surface area (Å²) in [7, 11) is 0. The lowest BCUT2D eigenvalue weighted by molar-refractivity contribution is 0.0697. The second-order valence-electron chi connectivity index (χ2n) is 7.21. The Kier molecular flexibility index (Phi) is 4.86. The van der Waals surface area contributed by atoms with Crippen LogP contribution < -0.4 is 0 Å². The number of thiazole rings is 1. The molecule has 4 rings (SSSR count). The molecule has 1 fully saturated rings. The highest BCUT2D eigenvalue weighted by molar-refractivity contribution is 7.11. The molecule has 2 aliphatic rings. The first kappa shape index (κ1) is 16.7. The van der Waals surface area contributed by atoms with Crippen LogP contribution in [0.4, 0.5) is 0 Å². The molecule has 2 aromatic rings. The van der Waals surface area contributed by atoms with E-state index in [-0.39, 0.29) is 0 Å². The molecule has 132 valence electrons. The number of nitrogens with zero attached hydrogens (tertiary/aromatic N) is 2. The molecule has 1 N–H and O–H groups in total. The summed E-state index contributed by atoms with van der Waals surface area (Å²) in [6.07, 6.45) is 7.44. The monoisotopic (exact) mass is 356 g/mol. The van der Waals surface area contributed by atoms with Crippen molar-refractivity contribution in [3.63, 3.8) is 0 Å². The van der Waals surface area contributed by atoms with E-state index in [0.717, 1.165) is 26.1 Å². The first-order chi connectivity index (χ1) is 12.2. The van der Waals surface area contributed by atoms with E-state index in [2.05, 4.69) is 4.90 Å². The van der Waals surface area contributed by atoms with Crippen molar-refractivity contribution in [2.75, 3.05) is 13.1 Å². The van der Waals surface area contributed by atoms with Crippen molar-refractivity contribution in [2.24, 2.45) is 0 Å². The van der Waals surface area contributed by atoms with Gasteiger partial charge in [-0.25, -0.2) is 9.78 Å². The summed E-state index contributed by atoms with van der Waals surface area (Å²) in [5.41, 5.74) is 2.91. The normalized spacial score (nSPS) is 21.0. The number of benzene rings is 1. The quantitative estimate of drug-likeness (QED) is 0.896. The van der Waals surface area contributed by atoms with Crippen LogP contribution in [0.2, 0.25) is 0 Å². The molecule has 0 spiro atoms. The number of carboxylic acids is 1. The highest BCUT2D eigenvalue weighted by Gasteiger charge is 2.26. The first-order valence-electron chi connectivity index (χ1n) is 9.22. The van der Waals surface area contributed by atoms with Gasteiger partial charge in [0, 0.05) is 23.9 Å². The SMILES string of the molecule is O=C(O)c1ccc(CN2CCCC(c3nc4c(s3)CCCC4)C2)cc1. The minimum Gasteiger partial charge on any atom is -0.478 e. The van der Waals surface area contributed by atoms with Gasteiger partial charge in [-0.3, -0.25) is 4.90 Å². The summed E-state index contributed by atoms with van der Waals surface area (Å²) in [5, 5.41) is 10.4. The highest BCUT2D eigenvalue weighted by atomic mass is 32.1. The van der Waals surface area contributed by atoms with E-state index in [1.165, 1.54) is 53.2 Å². The fourth-order valence-corrected chi connectivity index (χ4v) is 5.24. The lowest BCUT2D eigenvalue weighted by atomic mass is 9.98. The Balaban J connectivity index is 1.42. The molecular weight excluding hydrogens is 332 g/mol. The minimum absolute atomic E-state index is 0.355. The first-order valence-corrected chi connectivity index (χ1v) is 10.0. The van der Waals surface area contributed by atoms with Crippen molar-refractivity contribution in [3.05, 3.63) is 51.0 Å². The van der Waals surface area contributed by atoms with Crippen LogP contribution in [0, 0.1) is 0 Å². The molecule has 1 atom stereocenters. The van der Waals surface area contributed by atoms with Crippen LogP contribution in [0.15, 0.2) is 24.3 Å². The number of carbonyl (C=O) groups is 1. The van der Waals surface area contributed by atoms with Gasteiger partial charge in [0.05, 0.1) is 16.3 Å². The summed E-state index contributed by atoms with van der Waals surface area (Å²) >= 11 is 1.95. The van der Waals surface area contributed by atoms with Gasteiger partial charge in [-0.2, -0.15) is 0 Å². The fraction of sp³-hybridized carbons (Fsp3) is 0.500. The third-order valence-electron chi connectivity index (χ3n) is 5.32. The Morgan fingerprint density at radius 3 is 2.76 bits per heavy atom. The maximum atomic E-state index is 11.0. The van der Waals surface area contributed by atoms with Crippen LogP contribution >= 0.6 is 11.3 Å². The summed E-state index contributed by atoms with van der Waals surface area (Å²) in [6, 6.07) is 7.28. The average molecular weight is 356 g/mol. The van der Waals surface area contributed by atoms with Crippen LogP contribution in [-0.2, 0) is 19.4 Å². The molecular formula is C20H24N2O2S. The van der Waals surface area contributed by atoms with Crippen molar-refractivity contribution in [2.45, 2.75) is 51.0 Å². The molecule has 2 heterocycles. The van der Waals surface area contributed by atoms with Gasteiger partial charge in [0.25, 0.3) is 0 Å². The molecule has 1 aromatic carbocycles. The fourth-order valence-electron chi connectivity index (χ4n) is 3.96. The van der Waals surface area contributed by atoms with E-state index in [1.807, 2.05) is 23.5 Å². The zero-order chi connectivity index (χ0) is 17.2. The number of hydrogen-bond acceptors (Lipinski definition) is 4. The van der Waals surface area contributed by atoms with Gasteiger partial charge in [0.15, 0.2) is 0 Å². The Bertz CT molecular complexity index is 730. The summed E-state index contributed by atoms with van der Waals surface area (Å²) in [5.74, 6) is -0.306. The van der Waals surface area contributed by atoms with Gasteiger partial charge < -0.3 is 5.11 Å². The summed E-state index contributed by atoms with van der Waals surface area (Å²) in [6.45, 7) is 3.07. The van der Waals surface area contributed by atoms with Crippen molar-refractivity contribution < 1.29 is 9.90 Å². The maximum Gasteiger partial charge on any atom is 0.335 e. The van der Waals surface area contributed by atoms with Gasteiger partial charge in [0.1, 0.15) is 0 Å². The molecule has 1 unspecified atom stereocenters. The lowest BCUT2D eigenvalue weighted by Gasteiger charge is -2.31. The number of likely N-dealkylation sites (tertiary alicyclic amines) is 1. The van der Waals surface area contributed by atoms with Gasteiger partial charge in [-0.05, 0) is 62.8 Å². The molecule has 0 bridgehead atoms. The number of aromatic nitrogens is 1. The number of hydrogen-bond donors (Lipinski definition) is 1. The molecule has 0 amide bonds. The summed E-state index contributed by atoms with van der Waals surface area (Å²) in [4.78, 5) is 20.0. The highest BCUT2D eigenvalue weighted by Crippen LogP contribution is 2.35. The van der Waals surface area contributed by atoms with E-state index >= 15 is 0 Å². The molecule has 0 saturated carbocycles. The molecule has 25 heavy (non-hydrogen) atoms. The molecule has 5 heteroatoms.